The zero-order valence-corrected chi connectivity index (χ0v) is 16.4. The van der Waals surface area contributed by atoms with Crippen LogP contribution in [0.4, 0.5) is 4.39 Å². The summed E-state index contributed by atoms with van der Waals surface area (Å²) >= 11 is 0. The number of amides is 1. The Kier molecular flexibility index (Phi) is 4.95. The van der Waals surface area contributed by atoms with Gasteiger partial charge in [-0.05, 0) is 65.7 Å². The minimum Gasteiger partial charge on any atom is -0.420 e. The van der Waals surface area contributed by atoms with E-state index >= 15 is 0 Å². The van der Waals surface area contributed by atoms with E-state index in [1.807, 2.05) is 6.07 Å². The number of halogens is 1. The summed E-state index contributed by atoms with van der Waals surface area (Å²) in [6.07, 6.45) is 3.16. The van der Waals surface area contributed by atoms with Crippen LogP contribution >= 0.6 is 0 Å². The van der Waals surface area contributed by atoms with E-state index in [1.54, 1.807) is 35.2 Å². The number of hydrogen-bond acceptors (Lipinski definition) is 7. The Morgan fingerprint density at radius 3 is 2.81 bits per heavy atom. The van der Waals surface area contributed by atoms with Crippen LogP contribution < -0.4 is 0 Å². The number of nitrogens with zero attached hydrogens (tertiary/aromatic N) is 7. The molecule has 31 heavy (non-hydrogen) atoms. The maximum absolute atomic E-state index is 13.1. The van der Waals surface area contributed by atoms with Crippen LogP contribution in [-0.2, 0) is 0 Å². The molecule has 1 amide bonds. The molecule has 9 nitrogen and oxygen atoms in total. The lowest BCUT2D eigenvalue weighted by molar-refractivity contribution is 0.0698. The quantitative estimate of drug-likeness (QED) is 0.501. The Labute approximate surface area is 176 Å². The van der Waals surface area contributed by atoms with Gasteiger partial charge in [-0.1, -0.05) is 6.07 Å². The summed E-state index contributed by atoms with van der Waals surface area (Å²) in [6, 6.07) is 13.1. The van der Waals surface area contributed by atoms with Gasteiger partial charge in [0.05, 0.1) is 11.6 Å². The molecule has 156 valence electrons. The predicted octanol–water partition coefficient (Wildman–Crippen LogP) is 2.87. The second-order valence-electron chi connectivity index (χ2n) is 7.35. The van der Waals surface area contributed by atoms with E-state index in [1.165, 1.54) is 23.1 Å². The van der Waals surface area contributed by atoms with Crippen molar-refractivity contribution in [2.24, 2.45) is 0 Å². The molecule has 0 N–H and O–H groups in total. The van der Waals surface area contributed by atoms with Crippen molar-refractivity contribution in [2.45, 2.75) is 18.8 Å². The van der Waals surface area contributed by atoms with Crippen molar-refractivity contribution in [1.29, 1.82) is 0 Å². The zero-order valence-electron chi connectivity index (χ0n) is 16.4. The fraction of sp³-hybridized carbons (Fsp3) is 0.238. The van der Waals surface area contributed by atoms with Gasteiger partial charge in [0.2, 0.25) is 11.8 Å². The molecule has 1 aliphatic rings. The Balaban J connectivity index is 1.32. The van der Waals surface area contributed by atoms with Gasteiger partial charge < -0.3 is 9.32 Å². The average Bonchev–Trinajstić information content (AvgIpc) is 3.52. The van der Waals surface area contributed by atoms with E-state index in [-0.39, 0.29) is 17.6 Å². The maximum atomic E-state index is 13.1. The van der Waals surface area contributed by atoms with Gasteiger partial charge >= 0.3 is 0 Å². The highest BCUT2D eigenvalue weighted by molar-refractivity contribution is 5.94. The monoisotopic (exact) mass is 419 g/mol. The molecular weight excluding hydrogens is 401 g/mol. The molecule has 0 radical (unpaired) electrons. The number of tetrazole rings is 1. The number of carbonyl (C=O) groups is 1. The summed E-state index contributed by atoms with van der Waals surface area (Å²) in [5, 5.41) is 19.4. The largest absolute Gasteiger partial charge is 0.420 e. The van der Waals surface area contributed by atoms with Gasteiger partial charge in [-0.2, -0.15) is 0 Å². The van der Waals surface area contributed by atoms with Crippen molar-refractivity contribution in [2.75, 3.05) is 13.1 Å². The first-order valence-electron chi connectivity index (χ1n) is 9.89. The van der Waals surface area contributed by atoms with Crippen LogP contribution in [0.1, 0.15) is 35.0 Å². The first-order chi connectivity index (χ1) is 15.2. The second-order valence-corrected chi connectivity index (χ2v) is 7.35. The standard InChI is InChI=1S/C21H18FN7O2/c22-17-8-6-14(7-9-17)19-24-25-20(31-19)16-4-2-10-28(12-16)21(30)15-3-1-5-18(11-15)29-13-23-26-27-29/h1,3,5-9,11,13,16H,2,4,10,12H2. The van der Waals surface area contributed by atoms with Crippen molar-refractivity contribution in [3.8, 4) is 17.1 Å². The Bertz CT molecular complexity index is 1190. The highest BCUT2D eigenvalue weighted by Gasteiger charge is 2.29. The molecule has 1 aliphatic heterocycles. The van der Waals surface area contributed by atoms with Crippen molar-refractivity contribution in [1.82, 2.24) is 35.3 Å². The van der Waals surface area contributed by atoms with Gasteiger partial charge in [0.1, 0.15) is 12.1 Å². The Morgan fingerprint density at radius 2 is 2.00 bits per heavy atom. The van der Waals surface area contributed by atoms with E-state index in [2.05, 4.69) is 25.7 Å². The number of carbonyl (C=O) groups excluding carboxylic acids is 1. The number of piperidine rings is 1. The molecule has 1 fully saturated rings. The molecule has 1 unspecified atom stereocenters. The van der Waals surface area contributed by atoms with Gasteiger partial charge in [-0.25, -0.2) is 9.07 Å². The molecule has 1 saturated heterocycles. The molecule has 3 heterocycles. The Morgan fingerprint density at radius 1 is 1.13 bits per heavy atom. The number of benzene rings is 2. The van der Waals surface area contributed by atoms with E-state index in [0.29, 0.717) is 41.7 Å². The number of hydrogen-bond donors (Lipinski definition) is 0. The molecule has 5 rings (SSSR count). The summed E-state index contributed by atoms with van der Waals surface area (Å²) < 4.78 is 20.5. The molecule has 10 heteroatoms. The summed E-state index contributed by atoms with van der Waals surface area (Å²) in [5.41, 5.74) is 1.93. The molecule has 0 bridgehead atoms. The van der Waals surface area contributed by atoms with Crippen LogP contribution in [0.5, 0.6) is 0 Å². The van der Waals surface area contributed by atoms with E-state index in [9.17, 15) is 9.18 Å². The summed E-state index contributed by atoms with van der Waals surface area (Å²) in [4.78, 5) is 14.9. The summed E-state index contributed by atoms with van der Waals surface area (Å²) in [5.74, 6) is 0.376. The SMILES string of the molecule is O=C(c1cccc(-n2cnnn2)c1)N1CCCC(c2nnc(-c3ccc(F)cc3)o2)C1. The van der Waals surface area contributed by atoms with Crippen molar-refractivity contribution in [3.63, 3.8) is 0 Å². The molecule has 0 aliphatic carbocycles. The van der Waals surface area contributed by atoms with Crippen LogP contribution in [0.2, 0.25) is 0 Å². The van der Waals surface area contributed by atoms with E-state index < -0.39 is 0 Å². The van der Waals surface area contributed by atoms with Crippen LogP contribution in [0.25, 0.3) is 17.1 Å². The van der Waals surface area contributed by atoms with Gasteiger partial charge in [-0.3, -0.25) is 4.79 Å². The fourth-order valence-electron chi connectivity index (χ4n) is 3.72. The van der Waals surface area contributed by atoms with Crippen molar-refractivity contribution < 1.29 is 13.6 Å². The molecule has 1 atom stereocenters. The lowest BCUT2D eigenvalue weighted by Crippen LogP contribution is -2.39. The minimum absolute atomic E-state index is 0.0536. The van der Waals surface area contributed by atoms with Crippen LogP contribution in [0.15, 0.2) is 59.3 Å². The Hall–Kier alpha value is -3.95. The third kappa shape index (κ3) is 3.91. The summed E-state index contributed by atoms with van der Waals surface area (Å²) in [7, 11) is 0. The van der Waals surface area contributed by atoms with E-state index in [0.717, 1.165) is 12.8 Å². The highest BCUT2D eigenvalue weighted by Crippen LogP contribution is 2.29. The molecular formula is C21H18FN7O2. The topological polar surface area (TPSA) is 103 Å². The van der Waals surface area contributed by atoms with Crippen molar-refractivity contribution >= 4 is 5.91 Å². The number of aromatic nitrogens is 6. The molecule has 2 aromatic heterocycles. The third-order valence-electron chi connectivity index (χ3n) is 5.30. The molecule has 4 aromatic rings. The van der Waals surface area contributed by atoms with Crippen LogP contribution in [0, 0.1) is 5.82 Å². The summed E-state index contributed by atoms with van der Waals surface area (Å²) in [6.45, 7) is 1.14. The fourth-order valence-corrected chi connectivity index (χ4v) is 3.72. The van der Waals surface area contributed by atoms with Gasteiger partial charge in [0.15, 0.2) is 0 Å². The molecule has 0 saturated carbocycles. The average molecular weight is 419 g/mol. The normalized spacial score (nSPS) is 16.4. The van der Waals surface area contributed by atoms with Crippen molar-refractivity contribution in [3.05, 3.63) is 72.1 Å². The first-order valence-corrected chi connectivity index (χ1v) is 9.89. The van der Waals surface area contributed by atoms with Gasteiger partial charge in [-0.15, -0.1) is 15.3 Å². The zero-order chi connectivity index (χ0) is 21.2. The number of rotatable bonds is 4. The number of likely N-dealkylation sites (tertiary alicyclic amines) is 1. The van der Waals surface area contributed by atoms with E-state index in [4.69, 9.17) is 4.42 Å². The smallest absolute Gasteiger partial charge is 0.253 e. The predicted molar refractivity (Wildman–Crippen MR) is 107 cm³/mol. The highest BCUT2D eigenvalue weighted by atomic mass is 19.1. The third-order valence-corrected chi connectivity index (χ3v) is 5.30. The van der Waals surface area contributed by atoms with Crippen LogP contribution in [0.3, 0.4) is 0 Å². The lowest BCUT2D eigenvalue weighted by atomic mass is 9.97. The molecule has 2 aromatic carbocycles. The van der Waals surface area contributed by atoms with Crippen LogP contribution in [-0.4, -0.2) is 54.3 Å². The first kappa shape index (κ1) is 19.0. The van der Waals surface area contributed by atoms with Gasteiger partial charge in [0, 0.05) is 24.2 Å². The molecule has 0 spiro atoms. The van der Waals surface area contributed by atoms with Gasteiger partial charge in [0.25, 0.3) is 5.91 Å². The second kappa shape index (κ2) is 8.05. The maximum Gasteiger partial charge on any atom is 0.253 e. The lowest BCUT2D eigenvalue weighted by Gasteiger charge is -2.31. The minimum atomic E-state index is -0.325.